The third-order valence-corrected chi connectivity index (χ3v) is 9.17. The molecule has 0 aliphatic carbocycles. The van der Waals surface area contributed by atoms with Crippen LogP contribution < -0.4 is 10.2 Å². The van der Waals surface area contributed by atoms with Gasteiger partial charge in [-0.2, -0.15) is 5.10 Å². The minimum atomic E-state index is -1.31. The number of amides is 2. The van der Waals surface area contributed by atoms with E-state index in [9.17, 15) is 18.4 Å². The molecule has 0 saturated carbocycles. The maximum atomic E-state index is 13.8. The highest BCUT2D eigenvalue weighted by atomic mass is 19.1. The highest BCUT2D eigenvalue weighted by Gasteiger charge is 2.46. The Morgan fingerprint density at radius 1 is 0.918 bits per heavy atom. The summed E-state index contributed by atoms with van der Waals surface area (Å²) < 4.78 is 32.7. The molecule has 2 aromatic heterocycles. The van der Waals surface area contributed by atoms with Gasteiger partial charge in [-0.3, -0.25) is 19.6 Å². The Bertz CT molecular complexity index is 1910. The molecule has 7 rings (SSSR count). The Hall–Kier alpha value is -5.27. The molecule has 2 amide bonds. The van der Waals surface area contributed by atoms with Gasteiger partial charge in [-0.1, -0.05) is 0 Å². The number of piperazine rings is 1. The maximum Gasteiger partial charge on any atom is 0.258 e. The third kappa shape index (κ3) is 6.99. The van der Waals surface area contributed by atoms with Crippen LogP contribution in [0.15, 0.2) is 85.2 Å². The lowest BCUT2D eigenvalue weighted by Gasteiger charge is -2.37. The van der Waals surface area contributed by atoms with Gasteiger partial charge in [0.15, 0.2) is 11.4 Å². The van der Waals surface area contributed by atoms with E-state index in [0.717, 1.165) is 27.7 Å². The van der Waals surface area contributed by atoms with Crippen molar-refractivity contribution in [2.24, 2.45) is 0 Å². The Morgan fingerprint density at radius 3 is 2.39 bits per heavy atom. The van der Waals surface area contributed by atoms with Gasteiger partial charge in [-0.05, 0) is 79.2 Å². The number of aromatic nitrogens is 4. The Labute approximate surface area is 281 Å². The summed E-state index contributed by atoms with van der Waals surface area (Å²) in [4.78, 5) is 41.7. The lowest BCUT2D eigenvalue weighted by molar-refractivity contribution is -0.141. The average Bonchev–Trinajstić information content (AvgIpc) is 3.76. The third-order valence-electron chi connectivity index (χ3n) is 9.17. The van der Waals surface area contributed by atoms with Crippen molar-refractivity contribution in [2.75, 3.05) is 69.3 Å². The van der Waals surface area contributed by atoms with Gasteiger partial charge >= 0.3 is 0 Å². The molecule has 4 heterocycles. The molecular formula is C36H36F2N8O3. The molecule has 1 atom stereocenters. The van der Waals surface area contributed by atoms with E-state index in [1.165, 1.54) is 12.1 Å². The van der Waals surface area contributed by atoms with Crippen LogP contribution in [0.5, 0.6) is 0 Å². The second-order valence-corrected chi connectivity index (χ2v) is 12.3. The monoisotopic (exact) mass is 666 g/mol. The van der Waals surface area contributed by atoms with E-state index in [1.807, 2.05) is 34.1 Å². The van der Waals surface area contributed by atoms with Crippen LogP contribution in [-0.2, 0) is 14.3 Å². The fourth-order valence-electron chi connectivity index (χ4n) is 6.54. The zero-order valence-corrected chi connectivity index (χ0v) is 26.8. The summed E-state index contributed by atoms with van der Waals surface area (Å²) >= 11 is 0. The van der Waals surface area contributed by atoms with E-state index in [1.54, 1.807) is 48.8 Å². The van der Waals surface area contributed by atoms with Crippen molar-refractivity contribution in [3.8, 4) is 22.6 Å². The van der Waals surface area contributed by atoms with E-state index in [0.29, 0.717) is 56.4 Å². The first-order chi connectivity index (χ1) is 23.9. The second-order valence-electron chi connectivity index (χ2n) is 12.3. The van der Waals surface area contributed by atoms with Crippen LogP contribution in [-0.4, -0.2) is 106 Å². The largest absolute Gasteiger partial charge is 0.368 e. The Balaban J connectivity index is 0.963. The summed E-state index contributed by atoms with van der Waals surface area (Å²) in [7, 11) is 0. The topological polar surface area (TPSA) is 120 Å². The minimum absolute atomic E-state index is 0.0170. The number of alkyl halides is 1. The summed E-state index contributed by atoms with van der Waals surface area (Å²) in [5.74, 6) is -0.0874. The normalized spacial score (nSPS) is 18.2. The van der Waals surface area contributed by atoms with Crippen LogP contribution in [0.3, 0.4) is 0 Å². The number of carbonyl (C=O) groups excluding carboxylic acids is 2. The lowest BCUT2D eigenvalue weighted by Crippen LogP contribution is -2.52. The molecule has 2 saturated heterocycles. The smallest absolute Gasteiger partial charge is 0.258 e. The number of anilines is 2. The van der Waals surface area contributed by atoms with Gasteiger partial charge in [-0.25, -0.2) is 18.7 Å². The van der Waals surface area contributed by atoms with Gasteiger partial charge in [0.1, 0.15) is 12.5 Å². The number of aromatic amines is 1. The molecule has 252 valence electrons. The number of H-pyrrole nitrogens is 1. The number of likely N-dealkylation sites (tertiary alicyclic amines) is 1. The highest BCUT2D eigenvalue weighted by Crippen LogP contribution is 2.31. The van der Waals surface area contributed by atoms with E-state index >= 15 is 0 Å². The molecule has 2 aliphatic heterocycles. The maximum absolute atomic E-state index is 13.8. The molecule has 5 aromatic rings. The zero-order valence-electron chi connectivity index (χ0n) is 26.8. The molecule has 49 heavy (non-hydrogen) atoms. The van der Waals surface area contributed by atoms with Crippen molar-refractivity contribution >= 4 is 34.1 Å². The minimum Gasteiger partial charge on any atom is -0.368 e. The molecule has 11 nitrogen and oxygen atoms in total. The quantitative estimate of drug-likeness (QED) is 0.223. The Kier molecular flexibility index (Phi) is 9.27. The van der Waals surface area contributed by atoms with Gasteiger partial charge in [0.25, 0.3) is 5.91 Å². The van der Waals surface area contributed by atoms with E-state index in [2.05, 4.69) is 30.4 Å². The van der Waals surface area contributed by atoms with E-state index in [4.69, 9.17) is 4.74 Å². The second kappa shape index (κ2) is 14.1. The number of benzene rings is 3. The molecule has 3 aromatic carbocycles. The van der Waals surface area contributed by atoms with Gasteiger partial charge in [-0.15, -0.1) is 0 Å². The summed E-state index contributed by atoms with van der Waals surface area (Å²) in [6.07, 6.45) is 3.76. The van der Waals surface area contributed by atoms with Crippen LogP contribution in [0.2, 0.25) is 0 Å². The first-order valence-electron chi connectivity index (χ1n) is 16.3. The number of carbonyl (C=O) groups is 2. The zero-order chi connectivity index (χ0) is 33.8. The van der Waals surface area contributed by atoms with E-state index < -0.39 is 18.2 Å². The van der Waals surface area contributed by atoms with Crippen molar-refractivity contribution < 1.29 is 23.1 Å². The SMILES string of the molecule is O=C(CN1CCC(OCCF)(C(=O)Nc2ccc3[nH]nc(-c4ccc(F)cc4)c3c2)C1)N1CCN(c2ccc(-c3ncccn3)cc2)CC1. The first kappa shape index (κ1) is 32.3. The van der Waals surface area contributed by atoms with Crippen molar-refractivity contribution in [2.45, 2.75) is 12.0 Å². The van der Waals surface area contributed by atoms with Crippen LogP contribution in [0.1, 0.15) is 6.42 Å². The molecular weight excluding hydrogens is 630 g/mol. The lowest BCUT2D eigenvalue weighted by atomic mass is 10.0. The predicted molar refractivity (Wildman–Crippen MR) is 182 cm³/mol. The Morgan fingerprint density at radius 2 is 1.65 bits per heavy atom. The summed E-state index contributed by atoms with van der Waals surface area (Å²) in [6, 6.07) is 21.3. The van der Waals surface area contributed by atoms with Crippen molar-refractivity contribution in [3.05, 3.63) is 91.0 Å². The number of hydrogen-bond donors (Lipinski definition) is 2. The van der Waals surface area contributed by atoms with E-state index in [-0.39, 0.29) is 31.4 Å². The number of nitrogens with one attached hydrogen (secondary N) is 2. The number of hydrogen-bond acceptors (Lipinski definition) is 8. The molecule has 0 bridgehead atoms. The number of rotatable bonds is 10. The van der Waals surface area contributed by atoms with Gasteiger partial charge in [0, 0.05) is 79.6 Å². The molecule has 13 heteroatoms. The van der Waals surface area contributed by atoms with Crippen LogP contribution in [0, 0.1) is 5.82 Å². The van der Waals surface area contributed by atoms with Crippen LogP contribution in [0.4, 0.5) is 20.2 Å². The highest BCUT2D eigenvalue weighted by molar-refractivity contribution is 6.01. The van der Waals surface area contributed by atoms with Crippen molar-refractivity contribution in [1.29, 1.82) is 0 Å². The fourth-order valence-corrected chi connectivity index (χ4v) is 6.54. The molecule has 0 radical (unpaired) electrons. The predicted octanol–water partition coefficient (Wildman–Crippen LogP) is 4.54. The number of halogens is 2. The van der Waals surface area contributed by atoms with Gasteiger partial charge < -0.3 is 19.9 Å². The molecule has 0 spiro atoms. The number of ether oxygens (including phenoxy) is 1. The summed E-state index contributed by atoms with van der Waals surface area (Å²) in [6.45, 7) is 2.35. The van der Waals surface area contributed by atoms with Crippen LogP contribution >= 0.6 is 0 Å². The van der Waals surface area contributed by atoms with Crippen LogP contribution in [0.25, 0.3) is 33.5 Å². The molecule has 2 N–H and O–H groups in total. The number of nitrogens with zero attached hydrogens (tertiary/aromatic N) is 6. The fraction of sp³-hybridized carbons (Fsp3) is 0.306. The molecule has 2 fully saturated rings. The van der Waals surface area contributed by atoms with Gasteiger partial charge in [0.05, 0.1) is 24.4 Å². The summed E-state index contributed by atoms with van der Waals surface area (Å²) in [5, 5.41) is 11.1. The molecule has 1 unspecified atom stereocenters. The summed E-state index contributed by atoms with van der Waals surface area (Å²) in [5.41, 5.74) is 3.32. The standard InChI is InChI=1S/C36H36F2N8O3/c37-13-21-49-36(35(48)41-28-8-11-31-30(22-28)33(43-42-31)25-2-6-27(38)7-3-25)12-16-44(24-36)23-32(47)46-19-17-45(18-20-46)29-9-4-26(5-10-29)34-39-14-1-15-40-34/h1-11,14-15,22H,12-13,16-21,23-24H2,(H,41,48)(H,42,43). The van der Waals surface area contributed by atoms with Crippen molar-refractivity contribution in [3.63, 3.8) is 0 Å². The van der Waals surface area contributed by atoms with Gasteiger partial charge in [0.2, 0.25) is 5.91 Å². The first-order valence-corrected chi connectivity index (χ1v) is 16.3. The average molecular weight is 667 g/mol. The number of fused-ring (bicyclic) bond motifs is 1. The molecule has 2 aliphatic rings. The van der Waals surface area contributed by atoms with Crippen molar-refractivity contribution in [1.82, 2.24) is 30.0 Å².